The average Bonchev–Trinajstić information content (AvgIpc) is 3.11. The van der Waals surface area contributed by atoms with Gasteiger partial charge in [0.15, 0.2) is 0 Å². The van der Waals surface area contributed by atoms with Gasteiger partial charge in [0.2, 0.25) is 5.91 Å². The lowest BCUT2D eigenvalue weighted by Gasteiger charge is -2.24. The lowest BCUT2D eigenvalue weighted by atomic mass is 10.2. The Labute approximate surface area is 175 Å². The number of hydrogen-bond acceptors (Lipinski definition) is 3. The molecule has 2 heterocycles. The van der Waals surface area contributed by atoms with Gasteiger partial charge in [-0.25, -0.2) is 0 Å². The number of fused-ring (bicyclic) bond motifs is 1. The molecule has 0 bridgehead atoms. The quantitative estimate of drug-likeness (QED) is 0.598. The maximum Gasteiger partial charge on any atom is 0.263 e. The molecule has 1 aliphatic carbocycles. The molecule has 0 radical (unpaired) electrons. The number of carbonyl (C=O) groups is 2. The van der Waals surface area contributed by atoms with Crippen LogP contribution in [0.2, 0.25) is 0 Å². The summed E-state index contributed by atoms with van der Waals surface area (Å²) in [6.45, 7) is 1.18. The maximum atomic E-state index is 12.9. The van der Waals surface area contributed by atoms with E-state index >= 15 is 0 Å². The smallest absolute Gasteiger partial charge is 0.263 e. The van der Waals surface area contributed by atoms with Crippen LogP contribution in [0.1, 0.15) is 35.4 Å². The zero-order chi connectivity index (χ0) is 20.4. The third-order valence-corrected chi connectivity index (χ3v) is 7.29. The van der Waals surface area contributed by atoms with Crippen molar-refractivity contribution in [3.05, 3.63) is 47.3 Å². The van der Waals surface area contributed by atoms with Crippen LogP contribution >= 0.6 is 11.3 Å². The molecular formula is C23H27FN2O2S. The molecule has 1 saturated heterocycles. The fraction of sp³-hybridized carbons (Fsp3) is 0.478. The first kappa shape index (κ1) is 20.1. The van der Waals surface area contributed by atoms with Gasteiger partial charge in [-0.3, -0.25) is 14.0 Å². The molecule has 1 aromatic carbocycles. The first-order valence-electron chi connectivity index (χ1n) is 10.4. The van der Waals surface area contributed by atoms with E-state index in [1.165, 1.54) is 11.3 Å². The zero-order valence-corrected chi connectivity index (χ0v) is 17.5. The number of amides is 2. The number of nitrogens with zero attached hydrogens (tertiary/aromatic N) is 2. The van der Waals surface area contributed by atoms with Crippen LogP contribution in [0.5, 0.6) is 0 Å². The average molecular weight is 415 g/mol. The van der Waals surface area contributed by atoms with Crippen molar-refractivity contribution in [2.45, 2.75) is 31.7 Å². The molecule has 4 nitrogen and oxygen atoms in total. The van der Waals surface area contributed by atoms with Gasteiger partial charge in [0, 0.05) is 49.3 Å². The van der Waals surface area contributed by atoms with Crippen molar-refractivity contribution < 1.29 is 14.0 Å². The number of alkyl halides is 1. The van der Waals surface area contributed by atoms with E-state index in [1.807, 2.05) is 47.2 Å². The van der Waals surface area contributed by atoms with E-state index < -0.39 is 0 Å². The molecule has 2 fully saturated rings. The van der Waals surface area contributed by atoms with Crippen LogP contribution in [0.15, 0.2) is 42.5 Å². The first-order valence-corrected chi connectivity index (χ1v) is 11.2. The third kappa shape index (κ3) is 4.22. The molecule has 0 N–H and O–H groups in total. The highest BCUT2D eigenvalue weighted by molar-refractivity contribution is 7.17. The number of hydrogen-bond donors (Lipinski definition) is 0. The molecule has 154 valence electrons. The molecule has 6 heteroatoms. The van der Waals surface area contributed by atoms with E-state index in [0.29, 0.717) is 24.7 Å². The second-order valence-corrected chi connectivity index (χ2v) is 9.15. The van der Waals surface area contributed by atoms with Gasteiger partial charge < -0.3 is 9.80 Å². The summed E-state index contributed by atoms with van der Waals surface area (Å²) in [7, 11) is 1.89. The zero-order valence-electron chi connectivity index (χ0n) is 16.7. The van der Waals surface area contributed by atoms with Crippen LogP contribution in [0, 0.1) is 11.8 Å². The Morgan fingerprint density at radius 3 is 2.48 bits per heavy atom. The number of rotatable bonds is 8. The summed E-state index contributed by atoms with van der Waals surface area (Å²) >= 11 is 1.53. The van der Waals surface area contributed by atoms with Crippen LogP contribution in [0.25, 0.3) is 10.4 Å². The van der Waals surface area contributed by atoms with Gasteiger partial charge in [-0.05, 0) is 30.5 Å². The highest BCUT2D eigenvalue weighted by atomic mass is 32.1. The summed E-state index contributed by atoms with van der Waals surface area (Å²) in [6, 6.07) is 14.3. The SMILES string of the molecule is CN(C(=O)c1ccc(-c2ccccc2)s1)C1[C@H]2CN(C(=O)CCCCCF)C[C@@H]12. The van der Waals surface area contributed by atoms with Crippen molar-refractivity contribution in [2.24, 2.45) is 11.8 Å². The fourth-order valence-corrected chi connectivity index (χ4v) is 5.49. The summed E-state index contributed by atoms with van der Waals surface area (Å²) in [5, 5.41) is 0. The molecule has 1 unspecified atom stereocenters. The second kappa shape index (κ2) is 8.66. The van der Waals surface area contributed by atoms with Crippen LogP contribution in [0.4, 0.5) is 4.39 Å². The minimum Gasteiger partial charge on any atom is -0.342 e. The fourth-order valence-electron chi connectivity index (χ4n) is 4.50. The number of carbonyl (C=O) groups excluding carboxylic acids is 2. The summed E-state index contributed by atoms with van der Waals surface area (Å²) in [4.78, 5) is 30.9. The second-order valence-electron chi connectivity index (χ2n) is 8.06. The molecule has 3 atom stereocenters. The van der Waals surface area contributed by atoms with Crippen LogP contribution in [0.3, 0.4) is 0 Å². The molecule has 2 aromatic rings. The number of benzene rings is 1. The summed E-state index contributed by atoms with van der Waals surface area (Å²) in [6.07, 6.45) is 2.59. The van der Waals surface area contributed by atoms with Crippen molar-refractivity contribution in [1.82, 2.24) is 9.80 Å². The van der Waals surface area contributed by atoms with E-state index in [-0.39, 0.29) is 24.5 Å². The van der Waals surface area contributed by atoms with Gasteiger partial charge in [-0.1, -0.05) is 36.8 Å². The Bertz CT molecular complexity index is 857. The summed E-state index contributed by atoms with van der Waals surface area (Å²) in [5.74, 6) is 1.04. The molecule has 2 amide bonds. The Kier molecular flexibility index (Phi) is 5.99. The van der Waals surface area contributed by atoms with Crippen molar-refractivity contribution in [1.29, 1.82) is 0 Å². The van der Waals surface area contributed by atoms with Gasteiger partial charge in [0.25, 0.3) is 5.91 Å². The Hall–Kier alpha value is -2.21. The van der Waals surface area contributed by atoms with Gasteiger partial charge >= 0.3 is 0 Å². The molecule has 1 aromatic heterocycles. The Balaban J connectivity index is 1.29. The molecule has 1 saturated carbocycles. The van der Waals surface area contributed by atoms with Crippen LogP contribution in [-0.4, -0.2) is 54.5 Å². The minimum absolute atomic E-state index is 0.0701. The minimum atomic E-state index is -0.304. The van der Waals surface area contributed by atoms with Crippen molar-refractivity contribution in [2.75, 3.05) is 26.8 Å². The summed E-state index contributed by atoms with van der Waals surface area (Å²) in [5.41, 5.74) is 1.13. The molecular weight excluding hydrogens is 387 g/mol. The molecule has 0 spiro atoms. The maximum absolute atomic E-state index is 12.9. The van der Waals surface area contributed by atoms with Gasteiger partial charge in [-0.15, -0.1) is 11.3 Å². The van der Waals surface area contributed by atoms with Crippen molar-refractivity contribution in [3.8, 4) is 10.4 Å². The number of piperidine rings is 1. The number of unbranched alkanes of at least 4 members (excludes halogenated alkanes) is 2. The molecule has 4 rings (SSSR count). The lowest BCUT2D eigenvalue weighted by Crippen LogP contribution is -2.38. The Morgan fingerprint density at radius 2 is 1.79 bits per heavy atom. The largest absolute Gasteiger partial charge is 0.342 e. The standard InChI is InChI=1S/C23H27FN2O2S/c1-25(23(28)20-12-11-19(29-20)16-8-4-2-5-9-16)22-17-14-26(15-18(17)22)21(27)10-6-3-7-13-24/h2,4-5,8-9,11-12,17-18,22H,3,6-7,10,13-15H2,1H3/t17-,18+,22?. The first-order chi connectivity index (χ1) is 14.1. The van der Waals surface area contributed by atoms with Crippen molar-refractivity contribution >= 4 is 23.2 Å². The van der Waals surface area contributed by atoms with Gasteiger partial charge in [0.1, 0.15) is 0 Å². The number of likely N-dealkylation sites (tertiary alicyclic amines) is 1. The van der Waals surface area contributed by atoms with E-state index in [2.05, 4.69) is 12.1 Å². The van der Waals surface area contributed by atoms with Crippen LogP contribution < -0.4 is 0 Å². The van der Waals surface area contributed by atoms with Crippen molar-refractivity contribution in [3.63, 3.8) is 0 Å². The van der Waals surface area contributed by atoms with E-state index in [1.54, 1.807) is 0 Å². The van der Waals surface area contributed by atoms with E-state index in [0.717, 1.165) is 41.2 Å². The van der Waals surface area contributed by atoms with Gasteiger partial charge in [-0.2, -0.15) is 0 Å². The van der Waals surface area contributed by atoms with E-state index in [9.17, 15) is 14.0 Å². The molecule has 2 aliphatic rings. The third-order valence-electron chi connectivity index (χ3n) is 6.17. The number of halogens is 1. The van der Waals surface area contributed by atoms with E-state index in [4.69, 9.17) is 0 Å². The predicted molar refractivity (Wildman–Crippen MR) is 114 cm³/mol. The van der Waals surface area contributed by atoms with Gasteiger partial charge in [0.05, 0.1) is 11.6 Å². The Morgan fingerprint density at radius 1 is 1.07 bits per heavy atom. The molecule has 1 aliphatic heterocycles. The lowest BCUT2D eigenvalue weighted by molar-refractivity contribution is -0.130. The monoisotopic (exact) mass is 414 g/mol. The van der Waals surface area contributed by atoms with Crippen LogP contribution in [-0.2, 0) is 4.79 Å². The predicted octanol–water partition coefficient (Wildman–Crippen LogP) is 4.47. The topological polar surface area (TPSA) is 40.6 Å². The molecule has 29 heavy (non-hydrogen) atoms. The highest BCUT2D eigenvalue weighted by Gasteiger charge is 2.59. The number of thiophene rings is 1. The summed E-state index contributed by atoms with van der Waals surface area (Å²) < 4.78 is 12.1. The highest BCUT2D eigenvalue weighted by Crippen LogP contribution is 2.49. The normalized spacial score (nSPS) is 22.4.